The Kier molecular flexibility index (Phi) is 7.13. The van der Waals surface area contributed by atoms with Crippen LogP contribution in [0.2, 0.25) is 0 Å². The number of hydrogen-bond donors (Lipinski definition) is 3. The zero-order valence-electron chi connectivity index (χ0n) is 16.7. The standard InChI is InChI=1S/C20H24N4O5/c1-12(2)22-20(26)14-5-7-16(13(3)9-14)21-11-19(25)23-17-8-6-15(29-4)10-18(17)24(27)28/h5-10,12,21H,11H2,1-4H3,(H,22,26)(H,23,25). The molecule has 9 heteroatoms. The molecule has 2 aromatic rings. The summed E-state index contributed by atoms with van der Waals surface area (Å²) < 4.78 is 4.97. The summed E-state index contributed by atoms with van der Waals surface area (Å²) >= 11 is 0. The minimum Gasteiger partial charge on any atom is -0.496 e. The molecule has 0 bridgehead atoms. The summed E-state index contributed by atoms with van der Waals surface area (Å²) in [6.45, 7) is 5.49. The van der Waals surface area contributed by atoms with Gasteiger partial charge in [-0.2, -0.15) is 0 Å². The van der Waals surface area contributed by atoms with Crippen molar-refractivity contribution in [3.8, 4) is 5.75 Å². The molecule has 154 valence electrons. The van der Waals surface area contributed by atoms with E-state index in [1.165, 1.54) is 25.3 Å². The van der Waals surface area contributed by atoms with E-state index in [0.717, 1.165) is 5.56 Å². The van der Waals surface area contributed by atoms with E-state index in [1.807, 2.05) is 20.8 Å². The summed E-state index contributed by atoms with van der Waals surface area (Å²) in [6, 6.07) is 9.34. The predicted molar refractivity (Wildman–Crippen MR) is 111 cm³/mol. The van der Waals surface area contributed by atoms with Gasteiger partial charge in [0.15, 0.2) is 0 Å². The van der Waals surface area contributed by atoms with Crippen molar-refractivity contribution in [3.63, 3.8) is 0 Å². The van der Waals surface area contributed by atoms with Gasteiger partial charge in [0.1, 0.15) is 11.4 Å². The van der Waals surface area contributed by atoms with Crippen LogP contribution in [0.25, 0.3) is 0 Å². The van der Waals surface area contributed by atoms with Crippen molar-refractivity contribution < 1.29 is 19.2 Å². The molecule has 0 aliphatic rings. The van der Waals surface area contributed by atoms with E-state index in [2.05, 4.69) is 16.0 Å². The second-order valence-corrected chi connectivity index (χ2v) is 6.70. The lowest BCUT2D eigenvalue weighted by atomic mass is 10.1. The largest absolute Gasteiger partial charge is 0.496 e. The van der Waals surface area contributed by atoms with Gasteiger partial charge in [-0.1, -0.05) is 0 Å². The van der Waals surface area contributed by atoms with Crippen molar-refractivity contribution in [2.24, 2.45) is 0 Å². The number of nitro groups is 1. The number of nitrogens with zero attached hydrogens (tertiary/aromatic N) is 1. The Morgan fingerprint density at radius 1 is 1.14 bits per heavy atom. The van der Waals surface area contributed by atoms with E-state index in [-0.39, 0.29) is 29.9 Å². The molecule has 0 spiro atoms. The van der Waals surface area contributed by atoms with E-state index < -0.39 is 10.8 Å². The van der Waals surface area contributed by atoms with Gasteiger partial charge in [0.25, 0.3) is 11.6 Å². The second-order valence-electron chi connectivity index (χ2n) is 6.70. The van der Waals surface area contributed by atoms with Gasteiger partial charge < -0.3 is 20.7 Å². The molecular formula is C20H24N4O5. The third-order valence-corrected chi connectivity index (χ3v) is 4.02. The second kappa shape index (κ2) is 9.54. The molecule has 0 atom stereocenters. The number of benzene rings is 2. The summed E-state index contributed by atoms with van der Waals surface area (Å²) in [5.41, 5.74) is 1.84. The monoisotopic (exact) mass is 400 g/mol. The first-order valence-corrected chi connectivity index (χ1v) is 8.99. The summed E-state index contributed by atoms with van der Waals surface area (Å²) in [5, 5.41) is 19.5. The summed E-state index contributed by atoms with van der Waals surface area (Å²) in [7, 11) is 1.40. The highest BCUT2D eigenvalue weighted by Crippen LogP contribution is 2.28. The van der Waals surface area contributed by atoms with Crippen LogP contribution in [-0.4, -0.2) is 36.4 Å². The fourth-order valence-corrected chi connectivity index (χ4v) is 2.61. The maximum Gasteiger partial charge on any atom is 0.296 e. The number of methoxy groups -OCH3 is 1. The highest BCUT2D eigenvalue weighted by atomic mass is 16.6. The number of nitrogens with one attached hydrogen (secondary N) is 3. The zero-order valence-corrected chi connectivity index (χ0v) is 16.7. The predicted octanol–water partition coefficient (Wildman–Crippen LogP) is 3.10. The maximum atomic E-state index is 12.2. The fourth-order valence-electron chi connectivity index (χ4n) is 2.61. The molecule has 0 radical (unpaired) electrons. The Morgan fingerprint density at radius 2 is 1.83 bits per heavy atom. The van der Waals surface area contributed by atoms with Crippen LogP contribution in [-0.2, 0) is 4.79 Å². The highest BCUT2D eigenvalue weighted by molar-refractivity contribution is 5.97. The molecule has 2 amide bonds. The van der Waals surface area contributed by atoms with Crippen LogP contribution < -0.4 is 20.7 Å². The van der Waals surface area contributed by atoms with Crippen molar-refractivity contribution in [1.29, 1.82) is 0 Å². The van der Waals surface area contributed by atoms with Gasteiger partial charge in [-0.05, 0) is 56.7 Å². The number of nitro benzene ring substituents is 1. The molecule has 0 saturated heterocycles. The van der Waals surface area contributed by atoms with Crippen molar-refractivity contribution in [2.75, 3.05) is 24.3 Å². The molecule has 0 fully saturated rings. The van der Waals surface area contributed by atoms with E-state index >= 15 is 0 Å². The van der Waals surface area contributed by atoms with Crippen LogP contribution >= 0.6 is 0 Å². The van der Waals surface area contributed by atoms with Gasteiger partial charge in [-0.25, -0.2) is 0 Å². The third kappa shape index (κ3) is 5.93. The first kappa shape index (κ1) is 21.7. The molecule has 0 aliphatic heterocycles. The normalized spacial score (nSPS) is 10.4. The number of carbonyl (C=O) groups excluding carboxylic acids is 2. The Morgan fingerprint density at radius 3 is 2.41 bits per heavy atom. The average Bonchev–Trinajstić information content (AvgIpc) is 2.66. The van der Waals surface area contributed by atoms with E-state index in [4.69, 9.17) is 4.74 Å². The quantitative estimate of drug-likeness (QED) is 0.462. The molecule has 2 aromatic carbocycles. The van der Waals surface area contributed by atoms with Crippen LogP contribution in [0.4, 0.5) is 17.1 Å². The number of rotatable bonds is 8. The Hall–Kier alpha value is -3.62. The van der Waals surface area contributed by atoms with Gasteiger partial charge in [0.05, 0.1) is 24.6 Å². The molecule has 0 aromatic heterocycles. The molecule has 0 heterocycles. The van der Waals surface area contributed by atoms with E-state index in [9.17, 15) is 19.7 Å². The van der Waals surface area contributed by atoms with Crippen molar-refractivity contribution >= 4 is 28.9 Å². The van der Waals surface area contributed by atoms with Crippen LogP contribution in [0.1, 0.15) is 29.8 Å². The fraction of sp³-hybridized carbons (Fsp3) is 0.300. The Bertz CT molecular complexity index is 927. The molecule has 0 unspecified atom stereocenters. The Labute approximate surface area is 168 Å². The summed E-state index contributed by atoms with van der Waals surface area (Å²) in [6.07, 6.45) is 0. The first-order valence-electron chi connectivity index (χ1n) is 8.99. The lowest BCUT2D eigenvalue weighted by molar-refractivity contribution is -0.384. The van der Waals surface area contributed by atoms with Gasteiger partial charge in [0.2, 0.25) is 5.91 Å². The number of ether oxygens (including phenoxy) is 1. The minimum atomic E-state index is -0.587. The lowest BCUT2D eigenvalue weighted by Gasteiger charge is -2.13. The third-order valence-electron chi connectivity index (χ3n) is 4.02. The van der Waals surface area contributed by atoms with Crippen molar-refractivity contribution in [3.05, 3.63) is 57.6 Å². The first-order chi connectivity index (χ1) is 13.7. The van der Waals surface area contributed by atoms with Crippen molar-refractivity contribution in [1.82, 2.24) is 5.32 Å². The maximum absolute atomic E-state index is 12.2. The lowest BCUT2D eigenvalue weighted by Crippen LogP contribution is -2.30. The molecule has 29 heavy (non-hydrogen) atoms. The van der Waals surface area contributed by atoms with E-state index in [1.54, 1.807) is 18.2 Å². The highest BCUT2D eigenvalue weighted by Gasteiger charge is 2.17. The smallest absolute Gasteiger partial charge is 0.296 e. The number of anilines is 2. The molecule has 3 N–H and O–H groups in total. The van der Waals surface area contributed by atoms with Gasteiger partial charge in [-0.15, -0.1) is 0 Å². The molecule has 0 saturated carbocycles. The number of aryl methyl sites for hydroxylation is 1. The van der Waals surface area contributed by atoms with Crippen LogP contribution in [0.5, 0.6) is 5.75 Å². The molecule has 2 rings (SSSR count). The van der Waals surface area contributed by atoms with Crippen LogP contribution in [0.3, 0.4) is 0 Å². The van der Waals surface area contributed by atoms with Gasteiger partial charge >= 0.3 is 0 Å². The summed E-state index contributed by atoms with van der Waals surface area (Å²) in [5.74, 6) is -0.288. The minimum absolute atomic E-state index is 0.0336. The topological polar surface area (TPSA) is 123 Å². The van der Waals surface area contributed by atoms with Gasteiger partial charge in [0, 0.05) is 17.3 Å². The summed E-state index contributed by atoms with van der Waals surface area (Å²) in [4.78, 5) is 34.9. The van der Waals surface area contributed by atoms with Crippen LogP contribution in [0, 0.1) is 17.0 Å². The number of carbonyl (C=O) groups is 2. The van der Waals surface area contributed by atoms with E-state index in [0.29, 0.717) is 17.0 Å². The molecular weight excluding hydrogens is 376 g/mol. The number of amides is 2. The van der Waals surface area contributed by atoms with Crippen molar-refractivity contribution in [2.45, 2.75) is 26.8 Å². The number of hydrogen-bond acceptors (Lipinski definition) is 6. The average molecular weight is 400 g/mol. The van der Waals surface area contributed by atoms with Gasteiger partial charge in [-0.3, -0.25) is 19.7 Å². The Balaban J connectivity index is 2.03. The zero-order chi connectivity index (χ0) is 21.6. The van der Waals surface area contributed by atoms with Crippen LogP contribution in [0.15, 0.2) is 36.4 Å². The molecule has 0 aliphatic carbocycles. The SMILES string of the molecule is COc1ccc(NC(=O)CNc2ccc(C(=O)NC(C)C)cc2C)c([N+](=O)[O-])c1. The molecule has 9 nitrogen and oxygen atoms in total.